The maximum atomic E-state index is 14.6. The summed E-state index contributed by atoms with van der Waals surface area (Å²) < 4.78 is 34.6. The zero-order chi connectivity index (χ0) is 34.1. The van der Waals surface area contributed by atoms with Crippen LogP contribution in [0.15, 0.2) is 102 Å². The zero-order valence-electron chi connectivity index (χ0n) is 26.2. The predicted octanol–water partition coefficient (Wildman–Crippen LogP) is 7.26. The molecule has 4 rings (SSSR count). The maximum absolute atomic E-state index is 14.6. The van der Waals surface area contributed by atoms with Crippen LogP contribution in [0.5, 0.6) is 5.75 Å². The quantitative estimate of drug-likeness (QED) is 0.148. The number of anilines is 1. The molecule has 0 radical (unpaired) electrons. The molecule has 0 bridgehead atoms. The number of nitrogens with one attached hydrogen (secondary N) is 1. The molecule has 0 aliphatic rings. The second-order valence-corrected chi connectivity index (χ2v) is 14.3. The second kappa shape index (κ2) is 16.4. The third-order valence-corrected chi connectivity index (χ3v) is 10.2. The molecule has 0 fully saturated rings. The Morgan fingerprint density at radius 2 is 1.45 bits per heavy atom. The Kier molecular flexibility index (Phi) is 12.6. The van der Waals surface area contributed by atoms with Gasteiger partial charge in [0.25, 0.3) is 10.0 Å². The third-order valence-electron chi connectivity index (χ3n) is 7.38. The molecular formula is C35H36Cl3N3O5S. The van der Waals surface area contributed by atoms with Gasteiger partial charge >= 0.3 is 0 Å². The number of hydrogen-bond donors (Lipinski definition) is 1. The van der Waals surface area contributed by atoms with E-state index in [1.165, 1.54) is 42.3 Å². The van der Waals surface area contributed by atoms with Gasteiger partial charge in [0.1, 0.15) is 18.3 Å². The van der Waals surface area contributed by atoms with Gasteiger partial charge in [-0.1, -0.05) is 103 Å². The van der Waals surface area contributed by atoms with Crippen LogP contribution in [0.4, 0.5) is 5.69 Å². The number of hydrogen-bond acceptors (Lipinski definition) is 5. The first-order chi connectivity index (χ1) is 22.4. The molecule has 12 heteroatoms. The molecule has 4 aromatic carbocycles. The van der Waals surface area contributed by atoms with Gasteiger partial charge in [-0.25, -0.2) is 8.42 Å². The van der Waals surface area contributed by atoms with Crippen LogP contribution in [0.1, 0.15) is 25.0 Å². The number of amides is 2. The number of sulfonamides is 1. The molecule has 0 unspecified atom stereocenters. The fourth-order valence-corrected chi connectivity index (χ4v) is 7.09. The van der Waals surface area contributed by atoms with E-state index in [-0.39, 0.29) is 34.5 Å². The highest BCUT2D eigenvalue weighted by atomic mass is 35.5. The molecule has 1 N–H and O–H groups in total. The van der Waals surface area contributed by atoms with Crippen molar-refractivity contribution in [3.8, 4) is 5.75 Å². The van der Waals surface area contributed by atoms with Crippen molar-refractivity contribution < 1.29 is 22.7 Å². The summed E-state index contributed by atoms with van der Waals surface area (Å²) in [5.41, 5.74) is 1.35. The average molecular weight is 717 g/mol. The van der Waals surface area contributed by atoms with Gasteiger partial charge in [0.2, 0.25) is 11.8 Å². The lowest BCUT2D eigenvalue weighted by Gasteiger charge is -2.34. The lowest BCUT2D eigenvalue weighted by atomic mass is 10.0. The first-order valence-electron chi connectivity index (χ1n) is 14.9. The van der Waals surface area contributed by atoms with Crippen molar-refractivity contribution in [1.29, 1.82) is 0 Å². The summed E-state index contributed by atoms with van der Waals surface area (Å²) >= 11 is 19.6. The number of rotatable bonds is 14. The van der Waals surface area contributed by atoms with Crippen molar-refractivity contribution in [3.63, 3.8) is 0 Å². The SMILES string of the molecule is COc1ccc(N(CC(=O)N(Cc2c(Cl)cccc2Cl)[C@@H](Cc2ccccc2)C(=O)NCC(C)C)S(=O)(=O)c2ccccc2)cc1Cl. The van der Waals surface area contributed by atoms with Gasteiger partial charge in [0, 0.05) is 35.1 Å². The summed E-state index contributed by atoms with van der Waals surface area (Å²) in [5.74, 6) is -0.583. The summed E-state index contributed by atoms with van der Waals surface area (Å²) in [5, 5.41) is 3.70. The van der Waals surface area contributed by atoms with Crippen molar-refractivity contribution in [1.82, 2.24) is 10.2 Å². The van der Waals surface area contributed by atoms with Crippen molar-refractivity contribution in [2.24, 2.45) is 5.92 Å². The van der Waals surface area contributed by atoms with Gasteiger partial charge in [-0.2, -0.15) is 0 Å². The molecule has 4 aromatic rings. The summed E-state index contributed by atoms with van der Waals surface area (Å²) in [7, 11) is -2.86. The van der Waals surface area contributed by atoms with Crippen molar-refractivity contribution in [2.45, 2.75) is 37.8 Å². The number of methoxy groups -OCH3 is 1. The number of nitrogens with zero attached hydrogens (tertiary/aromatic N) is 2. The highest BCUT2D eigenvalue weighted by Crippen LogP contribution is 2.33. The van der Waals surface area contributed by atoms with Crippen LogP contribution in [0.2, 0.25) is 15.1 Å². The average Bonchev–Trinajstić information content (AvgIpc) is 3.06. The van der Waals surface area contributed by atoms with Crippen LogP contribution in [-0.2, 0) is 32.6 Å². The minimum Gasteiger partial charge on any atom is -0.495 e. The Morgan fingerprint density at radius 1 is 0.830 bits per heavy atom. The van der Waals surface area contributed by atoms with E-state index in [0.717, 1.165) is 9.87 Å². The predicted molar refractivity (Wildman–Crippen MR) is 188 cm³/mol. The standard InChI is InChI=1S/C35H36Cl3N3O5S/c1-24(2)21-39-35(43)32(19-25-11-6-4-7-12-25)40(22-28-29(36)15-10-16-30(28)37)34(42)23-41(26-17-18-33(46-3)31(38)20-26)47(44,45)27-13-8-5-9-14-27/h4-18,20,24,32H,19,21-23H2,1-3H3,(H,39,43)/t32-/m0/s1. The molecule has 0 aliphatic carbocycles. The highest BCUT2D eigenvalue weighted by molar-refractivity contribution is 7.92. The molecule has 0 heterocycles. The first kappa shape index (κ1) is 36.1. The lowest BCUT2D eigenvalue weighted by Crippen LogP contribution is -2.53. The van der Waals surface area contributed by atoms with E-state index < -0.39 is 34.4 Å². The topological polar surface area (TPSA) is 96.0 Å². The third kappa shape index (κ3) is 9.20. The summed E-state index contributed by atoms with van der Waals surface area (Å²) in [4.78, 5) is 29.8. The Labute approximate surface area is 291 Å². The summed E-state index contributed by atoms with van der Waals surface area (Å²) in [6, 6.07) is 25.4. The fraction of sp³-hybridized carbons (Fsp3) is 0.257. The molecule has 248 valence electrons. The van der Waals surface area contributed by atoms with E-state index in [2.05, 4.69) is 5.32 Å². The molecular weight excluding hydrogens is 681 g/mol. The molecule has 1 atom stereocenters. The normalized spacial score (nSPS) is 12.0. The summed E-state index contributed by atoms with van der Waals surface area (Å²) in [6.07, 6.45) is 0.151. The molecule has 2 amide bonds. The van der Waals surface area contributed by atoms with Gasteiger partial charge in [-0.05, 0) is 53.9 Å². The first-order valence-corrected chi connectivity index (χ1v) is 17.4. The Hall–Kier alpha value is -3.76. The molecule has 0 aliphatic heterocycles. The van der Waals surface area contributed by atoms with Gasteiger partial charge in [-0.15, -0.1) is 0 Å². The minimum atomic E-state index is -4.30. The summed E-state index contributed by atoms with van der Waals surface area (Å²) in [6.45, 7) is 3.48. The lowest BCUT2D eigenvalue weighted by molar-refractivity contribution is -0.140. The van der Waals surface area contributed by atoms with E-state index in [0.29, 0.717) is 27.9 Å². The zero-order valence-corrected chi connectivity index (χ0v) is 29.3. The molecule has 0 saturated carbocycles. The van der Waals surface area contributed by atoms with Gasteiger partial charge < -0.3 is 15.0 Å². The van der Waals surface area contributed by atoms with Crippen molar-refractivity contribution in [2.75, 3.05) is 24.5 Å². The van der Waals surface area contributed by atoms with Crippen molar-refractivity contribution >= 4 is 62.3 Å². The second-order valence-electron chi connectivity index (χ2n) is 11.2. The molecule has 0 spiro atoms. The minimum absolute atomic E-state index is 0.0315. The Morgan fingerprint density at radius 3 is 2.02 bits per heavy atom. The Bertz CT molecular complexity index is 1770. The van der Waals surface area contributed by atoms with E-state index in [4.69, 9.17) is 39.5 Å². The number of carbonyl (C=O) groups is 2. The number of ether oxygens (including phenoxy) is 1. The smallest absolute Gasteiger partial charge is 0.264 e. The van der Waals surface area contributed by atoms with E-state index >= 15 is 0 Å². The monoisotopic (exact) mass is 715 g/mol. The maximum Gasteiger partial charge on any atom is 0.264 e. The van der Waals surface area contributed by atoms with E-state index in [1.54, 1.807) is 36.4 Å². The Balaban J connectivity index is 1.85. The largest absolute Gasteiger partial charge is 0.495 e. The van der Waals surface area contributed by atoms with Crippen molar-refractivity contribution in [3.05, 3.63) is 123 Å². The van der Waals surface area contributed by atoms with Crippen LogP contribution in [0.3, 0.4) is 0 Å². The molecule has 8 nitrogen and oxygen atoms in total. The number of benzene rings is 4. The van der Waals surface area contributed by atoms with Gasteiger partial charge in [-0.3, -0.25) is 13.9 Å². The highest BCUT2D eigenvalue weighted by Gasteiger charge is 2.35. The van der Waals surface area contributed by atoms with E-state index in [9.17, 15) is 18.0 Å². The van der Waals surface area contributed by atoms with Crippen LogP contribution in [-0.4, -0.2) is 51.4 Å². The van der Waals surface area contributed by atoms with Crippen LogP contribution >= 0.6 is 34.8 Å². The number of halogens is 3. The fourth-order valence-electron chi connectivity index (χ4n) is 4.89. The molecule has 0 aromatic heterocycles. The van der Waals surface area contributed by atoms with Crippen LogP contribution in [0, 0.1) is 5.92 Å². The molecule has 47 heavy (non-hydrogen) atoms. The van der Waals surface area contributed by atoms with Gasteiger partial charge in [0.05, 0.1) is 22.7 Å². The van der Waals surface area contributed by atoms with Crippen LogP contribution in [0.25, 0.3) is 0 Å². The van der Waals surface area contributed by atoms with Gasteiger partial charge in [0.15, 0.2) is 0 Å². The van der Waals surface area contributed by atoms with E-state index in [1.807, 2.05) is 44.2 Å². The number of carbonyl (C=O) groups excluding carboxylic acids is 2. The molecule has 0 saturated heterocycles. The van der Waals surface area contributed by atoms with Crippen LogP contribution < -0.4 is 14.4 Å².